The molecule has 0 aliphatic heterocycles. The number of benzene rings is 2. The van der Waals surface area contributed by atoms with Crippen LogP contribution in [0, 0.1) is 0 Å². The average Bonchev–Trinajstić information content (AvgIpc) is 3.12. The highest BCUT2D eigenvalue weighted by Gasteiger charge is 2.26. The zero-order valence-corrected chi connectivity index (χ0v) is 16.2. The summed E-state index contributed by atoms with van der Waals surface area (Å²) in [6.07, 6.45) is 0. The Labute approximate surface area is 167 Å². The maximum absolute atomic E-state index is 11.6. The Morgan fingerprint density at radius 1 is 0.741 bits per heavy atom. The molecule has 6 nitrogen and oxygen atoms in total. The zero-order chi connectivity index (χ0) is 19.2. The molecule has 9 heteroatoms. The van der Waals surface area contributed by atoms with Gasteiger partial charge in [0.2, 0.25) is 0 Å². The normalized spacial score (nSPS) is 13.0. The van der Waals surface area contributed by atoms with Gasteiger partial charge in [-0.15, -0.1) is 10.2 Å². The van der Waals surface area contributed by atoms with Crippen LogP contribution < -0.4 is 0 Å². The van der Waals surface area contributed by atoms with Gasteiger partial charge in [0.1, 0.15) is 10.5 Å². The highest BCUT2D eigenvalue weighted by Crippen LogP contribution is 2.42. The van der Waals surface area contributed by atoms with Crippen molar-refractivity contribution in [3.8, 4) is 0 Å². The summed E-state index contributed by atoms with van der Waals surface area (Å²) < 4.78 is 0.955. The van der Waals surface area contributed by atoms with Crippen LogP contribution in [-0.4, -0.2) is 32.3 Å². The molecule has 0 aliphatic rings. The van der Waals surface area contributed by atoms with Crippen LogP contribution in [0.15, 0.2) is 69.3 Å². The van der Waals surface area contributed by atoms with Crippen LogP contribution in [-0.2, 0) is 9.59 Å². The van der Waals surface area contributed by atoms with Crippen molar-refractivity contribution in [3.05, 3.63) is 71.8 Å². The molecule has 2 atom stereocenters. The van der Waals surface area contributed by atoms with Gasteiger partial charge in [-0.1, -0.05) is 95.5 Å². The molecule has 1 aromatic heterocycles. The average molecular weight is 419 g/mol. The summed E-state index contributed by atoms with van der Waals surface area (Å²) in [5.41, 5.74) is 1.32. The fourth-order valence-corrected chi connectivity index (χ4v) is 5.55. The SMILES string of the molecule is O=C(O)[C@H](Sc1nnc(S[C@@H](C(=O)O)c2ccccc2)s1)c1ccccc1. The number of nitrogens with zero attached hydrogens (tertiary/aromatic N) is 2. The highest BCUT2D eigenvalue weighted by atomic mass is 32.2. The van der Waals surface area contributed by atoms with Gasteiger partial charge in [0.15, 0.2) is 8.68 Å². The second-order valence-corrected chi connectivity index (χ2v) is 9.01. The zero-order valence-electron chi connectivity index (χ0n) is 13.8. The fraction of sp³-hybridized carbons (Fsp3) is 0.111. The van der Waals surface area contributed by atoms with Gasteiger partial charge in [0, 0.05) is 0 Å². The van der Waals surface area contributed by atoms with E-state index in [4.69, 9.17) is 0 Å². The van der Waals surface area contributed by atoms with Crippen LogP contribution in [0.5, 0.6) is 0 Å². The number of aromatic nitrogens is 2. The van der Waals surface area contributed by atoms with Crippen molar-refractivity contribution in [2.45, 2.75) is 19.2 Å². The Morgan fingerprint density at radius 2 is 1.11 bits per heavy atom. The molecule has 27 heavy (non-hydrogen) atoms. The number of carbonyl (C=O) groups is 2. The van der Waals surface area contributed by atoms with Crippen molar-refractivity contribution in [1.29, 1.82) is 0 Å². The van der Waals surface area contributed by atoms with Gasteiger partial charge >= 0.3 is 11.9 Å². The molecule has 0 fully saturated rings. The molecule has 0 spiro atoms. The minimum absolute atomic E-state index is 0.478. The van der Waals surface area contributed by atoms with E-state index >= 15 is 0 Å². The molecule has 0 saturated heterocycles. The van der Waals surface area contributed by atoms with Gasteiger partial charge in [-0.3, -0.25) is 9.59 Å². The Hall–Kier alpha value is -2.36. The number of hydrogen-bond donors (Lipinski definition) is 2. The molecular weight excluding hydrogens is 404 g/mol. The van der Waals surface area contributed by atoms with E-state index in [1.165, 1.54) is 11.3 Å². The number of carboxylic acids is 2. The van der Waals surface area contributed by atoms with Crippen LogP contribution in [0.2, 0.25) is 0 Å². The van der Waals surface area contributed by atoms with Gasteiger partial charge in [-0.05, 0) is 11.1 Å². The van der Waals surface area contributed by atoms with E-state index in [-0.39, 0.29) is 0 Å². The monoisotopic (exact) mass is 418 g/mol. The fourth-order valence-electron chi connectivity index (χ4n) is 2.27. The van der Waals surface area contributed by atoms with Gasteiger partial charge < -0.3 is 10.2 Å². The number of carboxylic acid groups (broad SMARTS) is 2. The standard InChI is InChI=1S/C18H14N2O4S3/c21-15(22)13(11-7-3-1-4-8-11)25-17-19-20-18(27-17)26-14(16(23)24)12-9-5-2-6-10-12/h1-10,13-14H,(H,21,22)(H,23,24)/t13-,14-/m1/s1. The first-order valence-electron chi connectivity index (χ1n) is 7.77. The Balaban J connectivity index is 1.76. The van der Waals surface area contributed by atoms with Crippen molar-refractivity contribution < 1.29 is 19.8 Å². The first-order chi connectivity index (χ1) is 13.0. The van der Waals surface area contributed by atoms with Crippen molar-refractivity contribution in [2.75, 3.05) is 0 Å². The summed E-state index contributed by atoms with van der Waals surface area (Å²) in [4.78, 5) is 23.2. The molecule has 3 rings (SSSR count). The lowest BCUT2D eigenvalue weighted by molar-refractivity contribution is -0.137. The molecule has 0 bridgehead atoms. The van der Waals surface area contributed by atoms with E-state index in [9.17, 15) is 19.8 Å². The topological polar surface area (TPSA) is 100 Å². The predicted octanol–water partition coefficient (Wildman–Crippen LogP) is 4.37. The number of hydrogen-bond acceptors (Lipinski definition) is 7. The lowest BCUT2D eigenvalue weighted by atomic mass is 10.1. The summed E-state index contributed by atoms with van der Waals surface area (Å²) in [5.74, 6) is -1.94. The second kappa shape index (κ2) is 9.03. The van der Waals surface area contributed by atoms with E-state index in [2.05, 4.69) is 10.2 Å². The van der Waals surface area contributed by atoms with E-state index < -0.39 is 22.4 Å². The first-order valence-corrected chi connectivity index (χ1v) is 10.3. The quantitative estimate of drug-likeness (QED) is 0.520. The molecule has 0 unspecified atom stereocenters. The van der Waals surface area contributed by atoms with E-state index in [1.807, 2.05) is 12.1 Å². The molecular formula is C18H14N2O4S3. The predicted molar refractivity (Wildman–Crippen MR) is 105 cm³/mol. The maximum atomic E-state index is 11.6. The number of aliphatic carboxylic acids is 2. The molecule has 138 valence electrons. The third kappa shape index (κ3) is 5.09. The van der Waals surface area contributed by atoms with Crippen LogP contribution in [0.1, 0.15) is 21.6 Å². The summed E-state index contributed by atoms with van der Waals surface area (Å²) in [6.45, 7) is 0. The summed E-state index contributed by atoms with van der Waals surface area (Å²) in [6, 6.07) is 17.8. The summed E-state index contributed by atoms with van der Waals surface area (Å²) in [5, 5.41) is 25.5. The number of rotatable bonds is 8. The van der Waals surface area contributed by atoms with Crippen molar-refractivity contribution in [2.24, 2.45) is 0 Å². The molecule has 1 heterocycles. The minimum Gasteiger partial charge on any atom is -0.480 e. The van der Waals surface area contributed by atoms with Gasteiger partial charge in [-0.25, -0.2) is 0 Å². The Bertz CT molecular complexity index is 845. The molecule has 0 radical (unpaired) electrons. The Morgan fingerprint density at radius 3 is 1.44 bits per heavy atom. The maximum Gasteiger partial charge on any atom is 0.321 e. The molecule has 0 aliphatic carbocycles. The van der Waals surface area contributed by atoms with Crippen LogP contribution in [0.25, 0.3) is 0 Å². The first kappa shape index (κ1) is 19.4. The van der Waals surface area contributed by atoms with Crippen LogP contribution in [0.3, 0.4) is 0 Å². The highest BCUT2D eigenvalue weighted by molar-refractivity contribution is 8.04. The molecule has 2 aromatic carbocycles. The molecule has 0 amide bonds. The van der Waals surface area contributed by atoms with Gasteiger partial charge in [0.05, 0.1) is 0 Å². The summed E-state index contributed by atoms with van der Waals surface area (Å²) >= 11 is 3.36. The van der Waals surface area contributed by atoms with Crippen molar-refractivity contribution >= 4 is 46.8 Å². The van der Waals surface area contributed by atoms with Crippen molar-refractivity contribution in [1.82, 2.24) is 10.2 Å². The largest absolute Gasteiger partial charge is 0.480 e. The van der Waals surface area contributed by atoms with Crippen LogP contribution in [0.4, 0.5) is 0 Å². The smallest absolute Gasteiger partial charge is 0.321 e. The lowest BCUT2D eigenvalue weighted by Gasteiger charge is -2.10. The van der Waals surface area contributed by atoms with Crippen molar-refractivity contribution in [3.63, 3.8) is 0 Å². The Kier molecular flexibility index (Phi) is 6.49. The summed E-state index contributed by atoms with van der Waals surface area (Å²) in [7, 11) is 0. The minimum atomic E-state index is -0.969. The third-order valence-corrected chi connectivity index (χ3v) is 7.05. The van der Waals surface area contributed by atoms with E-state index in [1.54, 1.807) is 48.5 Å². The van der Waals surface area contributed by atoms with Gasteiger partial charge in [-0.2, -0.15) is 0 Å². The molecule has 2 N–H and O–H groups in total. The van der Waals surface area contributed by atoms with E-state index in [0.717, 1.165) is 23.5 Å². The van der Waals surface area contributed by atoms with E-state index in [0.29, 0.717) is 19.8 Å². The van der Waals surface area contributed by atoms with Crippen LogP contribution >= 0.6 is 34.9 Å². The lowest BCUT2D eigenvalue weighted by Crippen LogP contribution is -2.07. The second-order valence-electron chi connectivity index (χ2n) is 5.33. The molecule has 0 saturated carbocycles. The molecule has 3 aromatic rings. The number of thioether (sulfide) groups is 2. The third-order valence-electron chi connectivity index (χ3n) is 3.48. The van der Waals surface area contributed by atoms with Gasteiger partial charge in [0.25, 0.3) is 0 Å².